The minimum Gasteiger partial charge on any atom is -0.461 e. The van der Waals surface area contributed by atoms with E-state index in [0.29, 0.717) is 24.0 Å². The Labute approximate surface area is 237 Å². The SMILES string of the molecule is Cc1cc(SC[C@H]2C(Cl)CC[C@@H]2CCCc2cccc(C(=O)OCCN3CCOCC3)c2)cc(C)c1CO. The number of hydrogen-bond donors (Lipinski definition) is 1. The van der Waals surface area contributed by atoms with Crippen molar-refractivity contribution in [2.45, 2.75) is 62.8 Å². The first kappa shape index (κ1) is 29.4. The molecule has 0 spiro atoms. The number of aryl methyl sites for hydroxylation is 3. The Bertz CT molecular complexity index is 1030. The fourth-order valence-electron chi connectivity index (χ4n) is 5.77. The van der Waals surface area contributed by atoms with Crippen molar-refractivity contribution in [3.63, 3.8) is 0 Å². The van der Waals surface area contributed by atoms with Gasteiger partial charge in [0.1, 0.15) is 6.61 Å². The molecule has 2 aromatic carbocycles. The molecule has 1 aliphatic carbocycles. The monoisotopic (exact) mass is 559 g/mol. The number of hydrogen-bond acceptors (Lipinski definition) is 6. The summed E-state index contributed by atoms with van der Waals surface area (Å²) in [4.78, 5) is 16.1. The number of halogens is 1. The van der Waals surface area contributed by atoms with Gasteiger partial charge in [-0.25, -0.2) is 4.79 Å². The lowest BCUT2D eigenvalue weighted by Crippen LogP contribution is -2.38. The fourth-order valence-corrected chi connectivity index (χ4v) is 7.71. The van der Waals surface area contributed by atoms with E-state index >= 15 is 0 Å². The lowest BCUT2D eigenvalue weighted by molar-refractivity contribution is 0.0195. The Morgan fingerprint density at radius 3 is 2.66 bits per heavy atom. The second kappa shape index (κ2) is 14.7. The molecule has 1 aliphatic heterocycles. The Kier molecular flexibility index (Phi) is 11.4. The molecule has 2 fully saturated rings. The van der Waals surface area contributed by atoms with Crippen LogP contribution in [0.15, 0.2) is 41.3 Å². The summed E-state index contributed by atoms with van der Waals surface area (Å²) in [6, 6.07) is 12.3. The normalized spacial score (nSPS) is 22.1. The highest BCUT2D eigenvalue weighted by Gasteiger charge is 2.34. The molecule has 1 saturated carbocycles. The van der Waals surface area contributed by atoms with Crippen molar-refractivity contribution < 1.29 is 19.4 Å². The zero-order chi connectivity index (χ0) is 26.9. The highest BCUT2D eigenvalue weighted by atomic mass is 35.5. The number of carbonyl (C=O) groups excluding carboxylic acids is 1. The summed E-state index contributed by atoms with van der Waals surface area (Å²) >= 11 is 8.68. The van der Waals surface area contributed by atoms with Crippen molar-refractivity contribution in [3.8, 4) is 0 Å². The largest absolute Gasteiger partial charge is 0.461 e. The molecule has 1 N–H and O–H groups in total. The van der Waals surface area contributed by atoms with E-state index in [1.807, 2.05) is 30.0 Å². The van der Waals surface area contributed by atoms with Gasteiger partial charge in [-0.1, -0.05) is 12.1 Å². The van der Waals surface area contributed by atoms with Gasteiger partial charge < -0.3 is 14.6 Å². The van der Waals surface area contributed by atoms with Gasteiger partial charge in [0, 0.05) is 35.7 Å². The van der Waals surface area contributed by atoms with E-state index in [0.717, 1.165) is 81.0 Å². The van der Waals surface area contributed by atoms with Crippen molar-refractivity contribution in [2.75, 3.05) is 45.2 Å². The molecule has 1 unspecified atom stereocenters. The number of carbonyl (C=O) groups is 1. The molecular weight excluding hydrogens is 518 g/mol. The summed E-state index contributed by atoms with van der Waals surface area (Å²) in [7, 11) is 0. The number of morpholine rings is 1. The van der Waals surface area contributed by atoms with E-state index in [2.05, 4.69) is 36.9 Å². The molecule has 208 valence electrons. The smallest absolute Gasteiger partial charge is 0.338 e. The van der Waals surface area contributed by atoms with Crippen LogP contribution in [0.2, 0.25) is 0 Å². The van der Waals surface area contributed by atoms with Crippen LogP contribution in [0.4, 0.5) is 0 Å². The van der Waals surface area contributed by atoms with Crippen molar-refractivity contribution in [2.24, 2.45) is 11.8 Å². The van der Waals surface area contributed by atoms with E-state index in [4.69, 9.17) is 21.1 Å². The maximum Gasteiger partial charge on any atom is 0.338 e. The topological polar surface area (TPSA) is 59.0 Å². The molecule has 2 aromatic rings. The molecule has 0 radical (unpaired) electrons. The summed E-state index contributed by atoms with van der Waals surface area (Å²) in [6.45, 7) is 8.71. The van der Waals surface area contributed by atoms with E-state index in [9.17, 15) is 9.90 Å². The zero-order valence-corrected chi connectivity index (χ0v) is 24.4. The maximum atomic E-state index is 12.6. The number of esters is 1. The van der Waals surface area contributed by atoms with Crippen molar-refractivity contribution >= 4 is 29.3 Å². The van der Waals surface area contributed by atoms with Crippen LogP contribution in [-0.4, -0.2) is 66.6 Å². The number of alkyl halides is 1. The molecule has 1 saturated heterocycles. The van der Waals surface area contributed by atoms with Gasteiger partial charge in [0.25, 0.3) is 0 Å². The van der Waals surface area contributed by atoms with E-state index < -0.39 is 0 Å². The molecule has 38 heavy (non-hydrogen) atoms. The molecular formula is C31H42ClNO4S. The highest BCUT2D eigenvalue weighted by Crippen LogP contribution is 2.42. The number of aliphatic hydroxyl groups excluding tert-OH is 1. The first-order chi connectivity index (χ1) is 18.4. The van der Waals surface area contributed by atoms with E-state index in [-0.39, 0.29) is 18.0 Å². The quantitative estimate of drug-likeness (QED) is 0.194. The number of aliphatic hydroxyl groups is 1. The molecule has 3 atom stereocenters. The molecule has 0 amide bonds. The van der Waals surface area contributed by atoms with E-state index in [1.54, 1.807) is 0 Å². The Hall–Kier alpha value is -1.57. The minimum atomic E-state index is -0.240. The van der Waals surface area contributed by atoms with Crippen LogP contribution in [-0.2, 0) is 22.5 Å². The van der Waals surface area contributed by atoms with Gasteiger partial charge in [0.05, 0.1) is 25.4 Å². The van der Waals surface area contributed by atoms with Crippen LogP contribution in [0, 0.1) is 25.7 Å². The van der Waals surface area contributed by atoms with Gasteiger partial charge >= 0.3 is 5.97 Å². The predicted molar refractivity (Wildman–Crippen MR) is 155 cm³/mol. The average Bonchev–Trinajstić information content (AvgIpc) is 3.27. The average molecular weight is 560 g/mol. The third kappa shape index (κ3) is 8.22. The van der Waals surface area contributed by atoms with Gasteiger partial charge in [-0.2, -0.15) is 0 Å². The number of ether oxygens (including phenoxy) is 2. The first-order valence-electron chi connectivity index (χ1n) is 14.0. The molecule has 7 heteroatoms. The van der Waals surface area contributed by atoms with Crippen LogP contribution >= 0.6 is 23.4 Å². The molecule has 5 nitrogen and oxygen atoms in total. The maximum absolute atomic E-state index is 12.6. The van der Waals surface area contributed by atoms with Crippen LogP contribution in [0.5, 0.6) is 0 Å². The van der Waals surface area contributed by atoms with Crippen molar-refractivity contribution in [1.29, 1.82) is 0 Å². The van der Waals surface area contributed by atoms with Crippen molar-refractivity contribution in [1.82, 2.24) is 4.90 Å². The number of rotatable bonds is 12. The first-order valence-corrected chi connectivity index (χ1v) is 15.4. The molecule has 4 rings (SSSR count). The second-order valence-corrected chi connectivity index (χ2v) is 12.4. The summed E-state index contributed by atoms with van der Waals surface area (Å²) in [5.74, 6) is 1.93. The second-order valence-electron chi connectivity index (χ2n) is 10.7. The number of benzene rings is 2. The highest BCUT2D eigenvalue weighted by molar-refractivity contribution is 7.99. The van der Waals surface area contributed by atoms with Crippen LogP contribution in [0.1, 0.15) is 58.3 Å². The Morgan fingerprint density at radius 2 is 1.92 bits per heavy atom. The number of nitrogens with zero attached hydrogens (tertiary/aromatic N) is 1. The summed E-state index contributed by atoms with van der Waals surface area (Å²) in [6.07, 6.45) is 5.49. The summed E-state index contributed by atoms with van der Waals surface area (Å²) < 4.78 is 10.9. The van der Waals surface area contributed by atoms with Gasteiger partial charge in [-0.05, 0) is 104 Å². The third-order valence-corrected chi connectivity index (χ3v) is 9.76. The van der Waals surface area contributed by atoms with Gasteiger partial charge in [-0.15, -0.1) is 23.4 Å². The van der Waals surface area contributed by atoms with E-state index in [1.165, 1.54) is 16.9 Å². The summed E-state index contributed by atoms with van der Waals surface area (Å²) in [5.41, 5.74) is 5.17. The fraction of sp³-hybridized carbons (Fsp3) is 0.581. The predicted octanol–water partition coefficient (Wildman–Crippen LogP) is 6.03. The van der Waals surface area contributed by atoms with Crippen LogP contribution in [0.3, 0.4) is 0 Å². The van der Waals surface area contributed by atoms with Gasteiger partial charge in [0.2, 0.25) is 0 Å². The Morgan fingerprint density at radius 1 is 1.16 bits per heavy atom. The molecule has 1 heterocycles. The minimum absolute atomic E-state index is 0.0933. The van der Waals surface area contributed by atoms with Crippen molar-refractivity contribution in [3.05, 3.63) is 64.2 Å². The molecule has 0 aromatic heterocycles. The van der Waals surface area contributed by atoms with Gasteiger partial charge in [-0.3, -0.25) is 4.90 Å². The lowest BCUT2D eigenvalue weighted by atomic mass is 9.91. The van der Waals surface area contributed by atoms with Crippen LogP contribution < -0.4 is 0 Å². The zero-order valence-electron chi connectivity index (χ0n) is 22.8. The molecule has 2 aliphatic rings. The van der Waals surface area contributed by atoms with Crippen LogP contribution in [0.25, 0.3) is 0 Å². The number of thioether (sulfide) groups is 1. The summed E-state index contributed by atoms with van der Waals surface area (Å²) in [5, 5.41) is 9.83. The molecule has 0 bridgehead atoms. The Balaban J connectivity index is 1.23. The standard InChI is InChI=1S/C31H42ClNO4S/c1-22-17-27(18-23(2)28(22)20-34)38-21-29-25(9-10-30(29)32)7-3-5-24-6-4-8-26(19-24)31(35)37-16-13-33-11-14-36-15-12-33/h4,6,8,17-19,25,29-30,34H,3,5,7,9-16,20-21H2,1-2H3/t25-,29+,30?/m0/s1. The van der Waals surface area contributed by atoms with Gasteiger partial charge in [0.15, 0.2) is 0 Å². The third-order valence-electron chi connectivity index (χ3n) is 8.10. The lowest BCUT2D eigenvalue weighted by Gasteiger charge is -2.26.